The van der Waals surface area contributed by atoms with Crippen LogP contribution < -0.4 is 15.5 Å². The van der Waals surface area contributed by atoms with Gasteiger partial charge in [-0.3, -0.25) is 14.5 Å². The highest BCUT2D eigenvalue weighted by Crippen LogP contribution is 2.14. The summed E-state index contributed by atoms with van der Waals surface area (Å²) in [5.41, 5.74) is 3.53. The Morgan fingerprint density at radius 2 is 1.54 bits per heavy atom. The van der Waals surface area contributed by atoms with Crippen molar-refractivity contribution in [2.75, 3.05) is 45.0 Å². The molecule has 0 fully saturated rings. The highest BCUT2D eigenvalue weighted by atomic mass is 16.2. The molecule has 0 aliphatic carbocycles. The van der Waals surface area contributed by atoms with Crippen molar-refractivity contribution in [1.82, 2.24) is 10.2 Å². The summed E-state index contributed by atoms with van der Waals surface area (Å²) in [5.74, 6) is -0.243. The van der Waals surface area contributed by atoms with E-state index in [9.17, 15) is 9.59 Å². The molecule has 0 saturated heterocycles. The van der Waals surface area contributed by atoms with E-state index >= 15 is 0 Å². The zero-order valence-electron chi connectivity index (χ0n) is 15.7. The van der Waals surface area contributed by atoms with Crippen molar-refractivity contribution in [2.24, 2.45) is 0 Å². The lowest BCUT2D eigenvalue weighted by molar-refractivity contribution is -0.117. The predicted molar refractivity (Wildman–Crippen MR) is 106 cm³/mol. The van der Waals surface area contributed by atoms with Crippen molar-refractivity contribution in [1.29, 1.82) is 0 Å². The first-order valence-corrected chi connectivity index (χ1v) is 8.46. The average Bonchev–Trinajstić information content (AvgIpc) is 2.61. The number of amides is 2. The van der Waals surface area contributed by atoms with Crippen molar-refractivity contribution < 1.29 is 9.59 Å². The van der Waals surface area contributed by atoms with Crippen molar-refractivity contribution in [2.45, 2.75) is 6.54 Å². The van der Waals surface area contributed by atoms with Crippen LogP contribution in [0, 0.1) is 0 Å². The summed E-state index contributed by atoms with van der Waals surface area (Å²) >= 11 is 0. The highest BCUT2D eigenvalue weighted by Gasteiger charge is 2.09. The molecule has 6 nitrogen and oxygen atoms in total. The van der Waals surface area contributed by atoms with Gasteiger partial charge in [0, 0.05) is 44.6 Å². The van der Waals surface area contributed by atoms with E-state index in [-0.39, 0.29) is 18.4 Å². The molecule has 2 aromatic rings. The zero-order chi connectivity index (χ0) is 19.1. The minimum atomic E-state index is -0.150. The molecule has 0 heterocycles. The number of rotatable bonds is 7. The maximum Gasteiger partial charge on any atom is 0.251 e. The van der Waals surface area contributed by atoms with Crippen LogP contribution in [-0.4, -0.2) is 51.4 Å². The molecule has 0 atom stereocenters. The van der Waals surface area contributed by atoms with E-state index in [2.05, 4.69) is 39.8 Å². The second-order valence-corrected chi connectivity index (χ2v) is 6.44. The summed E-state index contributed by atoms with van der Waals surface area (Å²) in [4.78, 5) is 27.7. The Balaban J connectivity index is 1.85. The van der Waals surface area contributed by atoms with Crippen LogP contribution in [0.15, 0.2) is 48.5 Å². The summed E-state index contributed by atoms with van der Waals surface area (Å²) < 4.78 is 0. The SMILES string of the molecule is CNC(=O)c1ccc(NC(=O)CN(C)Cc2ccc(N(C)C)cc2)cc1. The molecule has 0 unspecified atom stereocenters. The summed E-state index contributed by atoms with van der Waals surface area (Å²) in [6, 6.07) is 15.1. The maximum absolute atomic E-state index is 12.2. The van der Waals surface area contributed by atoms with Crippen LogP contribution in [0.3, 0.4) is 0 Å². The highest BCUT2D eigenvalue weighted by molar-refractivity contribution is 5.96. The van der Waals surface area contributed by atoms with Crippen LogP contribution in [0.4, 0.5) is 11.4 Å². The van der Waals surface area contributed by atoms with Gasteiger partial charge in [0.1, 0.15) is 0 Å². The monoisotopic (exact) mass is 354 g/mol. The van der Waals surface area contributed by atoms with Crippen LogP contribution in [0.5, 0.6) is 0 Å². The van der Waals surface area contributed by atoms with Gasteiger partial charge in [0.15, 0.2) is 0 Å². The lowest BCUT2D eigenvalue weighted by atomic mass is 10.2. The van der Waals surface area contributed by atoms with Crippen molar-refractivity contribution >= 4 is 23.2 Å². The zero-order valence-corrected chi connectivity index (χ0v) is 15.7. The molecule has 2 aromatic carbocycles. The Bertz CT molecular complexity index is 739. The molecule has 26 heavy (non-hydrogen) atoms. The Hall–Kier alpha value is -2.86. The van der Waals surface area contributed by atoms with Crippen LogP contribution in [0.1, 0.15) is 15.9 Å². The smallest absolute Gasteiger partial charge is 0.251 e. The molecule has 0 aliphatic heterocycles. The lowest BCUT2D eigenvalue weighted by Gasteiger charge is -2.18. The number of nitrogens with one attached hydrogen (secondary N) is 2. The quantitative estimate of drug-likeness (QED) is 0.800. The molecule has 0 radical (unpaired) electrons. The van der Waals surface area contributed by atoms with E-state index in [1.165, 1.54) is 0 Å². The molecule has 2 amide bonds. The number of nitrogens with zero attached hydrogens (tertiary/aromatic N) is 2. The fourth-order valence-corrected chi connectivity index (χ4v) is 2.56. The van der Waals surface area contributed by atoms with Crippen LogP contribution in [0.2, 0.25) is 0 Å². The Morgan fingerprint density at radius 1 is 0.923 bits per heavy atom. The number of hydrogen-bond donors (Lipinski definition) is 2. The Labute approximate surface area is 154 Å². The number of hydrogen-bond acceptors (Lipinski definition) is 4. The molecule has 2 rings (SSSR count). The third-order valence-electron chi connectivity index (χ3n) is 3.98. The fraction of sp³-hybridized carbons (Fsp3) is 0.300. The first-order valence-electron chi connectivity index (χ1n) is 8.46. The van der Waals surface area contributed by atoms with Gasteiger partial charge in [-0.25, -0.2) is 0 Å². The molecular weight excluding hydrogens is 328 g/mol. The molecule has 6 heteroatoms. The molecule has 138 valence electrons. The van der Waals surface area contributed by atoms with Crippen LogP contribution in [0.25, 0.3) is 0 Å². The van der Waals surface area contributed by atoms with Gasteiger partial charge in [-0.05, 0) is 49.0 Å². The number of benzene rings is 2. The molecule has 0 aromatic heterocycles. The maximum atomic E-state index is 12.2. The molecule has 2 N–H and O–H groups in total. The second-order valence-electron chi connectivity index (χ2n) is 6.44. The number of likely N-dealkylation sites (N-methyl/N-ethyl adjacent to an activating group) is 1. The van der Waals surface area contributed by atoms with Gasteiger partial charge < -0.3 is 15.5 Å². The number of carbonyl (C=O) groups is 2. The van der Waals surface area contributed by atoms with Gasteiger partial charge in [-0.2, -0.15) is 0 Å². The van der Waals surface area contributed by atoms with Crippen molar-refractivity contribution in [3.63, 3.8) is 0 Å². The molecule has 0 spiro atoms. The lowest BCUT2D eigenvalue weighted by Crippen LogP contribution is -2.29. The largest absolute Gasteiger partial charge is 0.378 e. The van der Waals surface area contributed by atoms with Crippen molar-refractivity contribution in [3.8, 4) is 0 Å². The molecule has 0 saturated carbocycles. The summed E-state index contributed by atoms with van der Waals surface area (Å²) in [6.45, 7) is 0.976. The first-order chi connectivity index (χ1) is 12.4. The normalized spacial score (nSPS) is 10.5. The van der Waals surface area contributed by atoms with Gasteiger partial charge in [0.25, 0.3) is 5.91 Å². The van der Waals surface area contributed by atoms with Gasteiger partial charge >= 0.3 is 0 Å². The van der Waals surface area contributed by atoms with E-state index in [1.54, 1.807) is 31.3 Å². The van der Waals surface area contributed by atoms with Crippen LogP contribution >= 0.6 is 0 Å². The standard InChI is InChI=1S/C20H26N4O2/c1-21-20(26)16-7-9-17(10-8-16)22-19(25)14-24(4)13-15-5-11-18(12-6-15)23(2)3/h5-12H,13-14H2,1-4H3,(H,21,26)(H,22,25). The molecule has 0 bridgehead atoms. The second kappa shape index (κ2) is 9.01. The molecular formula is C20H26N4O2. The van der Waals surface area contributed by atoms with Crippen LogP contribution in [-0.2, 0) is 11.3 Å². The average molecular weight is 354 g/mol. The van der Waals surface area contributed by atoms with Gasteiger partial charge in [-0.15, -0.1) is 0 Å². The number of anilines is 2. The third-order valence-corrected chi connectivity index (χ3v) is 3.98. The minimum absolute atomic E-state index is 0.0925. The summed E-state index contributed by atoms with van der Waals surface area (Å²) in [5, 5.41) is 5.41. The van der Waals surface area contributed by atoms with E-state index in [1.807, 2.05) is 26.0 Å². The Morgan fingerprint density at radius 3 is 2.08 bits per heavy atom. The number of carbonyl (C=O) groups excluding carboxylic acids is 2. The topological polar surface area (TPSA) is 64.7 Å². The third kappa shape index (κ3) is 5.60. The van der Waals surface area contributed by atoms with E-state index in [0.29, 0.717) is 17.8 Å². The van der Waals surface area contributed by atoms with Crippen molar-refractivity contribution in [3.05, 3.63) is 59.7 Å². The first kappa shape index (κ1) is 19.5. The van der Waals surface area contributed by atoms with Gasteiger partial charge in [0.2, 0.25) is 5.91 Å². The van der Waals surface area contributed by atoms with Gasteiger partial charge in [0.05, 0.1) is 6.54 Å². The van der Waals surface area contributed by atoms with E-state index < -0.39 is 0 Å². The predicted octanol–water partition coefficient (Wildman–Crippen LogP) is 2.18. The Kier molecular flexibility index (Phi) is 6.74. The molecule has 0 aliphatic rings. The summed E-state index contributed by atoms with van der Waals surface area (Å²) in [6.07, 6.45) is 0. The minimum Gasteiger partial charge on any atom is -0.378 e. The van der Waals surface area contributed by atoms with E-state index in [0.717, 1.165) is 11.3 Å². The van der Waals surface area contributed by atoms with E-state index in [4.69, 9.17) is 0 Å². The van der Waals surface area contributed by atoms with Gasteiger partial charge in [-0.1, -0.05) is 12.1 Å². The summed E-state index contributed by atoms with van der Waals surface area (Å²) in [7, 11) is 7.51. The fourth-order valence-electron chi connectivity index (χ4n) is 2.56.